The summed E-state index contributed by atoms with van der Waals surface area (Å²) in [5.41, 5.74) is 2.30. The summed E-state index contributed by atoms with van der Waals surface area (Å²) in [6.07, 6.45) is 0.234. The standard InChI is InChI=1S/C35H38ClN3O4S/c1-26-15-21-31(22-16-26)44(42,43)39(30-13-9-6-10-14-30)25-33(40)38(24-28-17-19-29(36)20-18-28)32(34(41)37-35(2,3)4)23-27-11-7-5-8-12-27/h5-22,32H,23-25H2,1-4H3,(H,37,41)/t32-/m0/s1. The highest BCUT2D eigenvalue weighted by molar-refractivity contribution is 7.92. The van der Waals surface area contributed by atoms with Crippen LogP contribution in [-0.2, 0) is 32.6 Å². The summed E-state index contributed by atoms with van der Waals surface area (Å²) in [6, 6.07) is 30.6. The Balaban J connectivity index is 1.79. The van der Waals surface area contributed by atoms with Gasteiger partial charge in [-0.15, -0.1) is 0 Å². The van der Waals surface area contributed by atoms with Gasteiger partial charge in [-0.25, -0.2) is 8.42 Å². The van der Waals surface area contributed by atoms with E-state index in [1.807, 2.05) is 58.0 Å². The highest BCUT2D eigenvalue weighted by atomic mass is 35.5. The number of sulfonamides is 1. The Kier molecular flexibility index (Phi) is 10.5. The second kappa shape index (κ2) is 14.1. The lowest BCUT2D eigenvalue weighted by atomic mass is 10.0. The van der Waals surface area contributed by atoms with E-state index in [2.05, 4.69) is 5.32 Å². The number of carbonyl (C=O) groups excluding carboxylic acids is 2. The lowest BCUT2D eigenvalue weighted by molar-refractivity contribution is -0.140. The van der Waals surface area contributed by atoms with Crippen molar-refractivity contribution in [1.82, 2.24) is 10.2 Å². The first-order valence-corrected chi connectivity index (χ1v) is 16.2. The van der Waals surface area contributed by atoms with Crippen LogP contribution >= 0.6 is 11.6 Å². The normalized spacial score (nSPS) is 12.3. The van der Waals surface area contributed by atoms with Crippen LogP contribution in [0, 0.1) is 6.92 Å². The van der Waals surface area contributed by atoms with Crippen LogP contribution in [-0.4, -0.2) is 43.3 Å². The second-order valence-electron chi connectivity index (χ2n) is 11.8. The molecule has 0 saturated carbocycles. The SMILES string of the molecule is Cc1ccc(S(=O)(=O)N(CC(=O)N(Cc2ccc(Cl)cc2)[C@@H](Cc2ccccc2)C(=O)NC(C)(C)C)c2ccccc2)cc1. The summed E-state index contributed by atoms with van der Waals surface area (Å²) >= 11 is 6.14. The first-order chi connectivity index (χ1) is 20.8. The van der Waals surface area contributed by atoms with Gasteiger partial charge in [0.15, 0.2) is 0 Å². The second-order valence-corrected chi connectivity index (χ2v) is 14.1. The van der Waals surface area contributed by atoms with E-state index < -0.39 is 34.1 Å². The number of carbonyl (C=O) groups is 2. The fraction of sp³-hybridized carbons (Fsp3) is 0.257. The molecule has 0 bridgehead atoms. The summed E-state index contributed by atoms with van der Waals surface area (Å²) in [5, 5.41) is 3.57. The molecule has 4 aromatic rings. The molecule has 0 unspecified atom stereocenters. The number of nitrogens with one attached hydrogen (secondary N) is 1. The zero-order valence-corrected chi connectivity index (χ0v) is 27.0. The lowest BCUT2D eigenvalue weighted by Gasteiger charge is -2.35. The molecule has 4 aromatic carbocycles. The van der Waals surface area contributed by atoms with E-state index in [1.165, 1.54) is 17.0 Å². The Bertz CT molecular complexity index is 1660. The van der Waals surface area contributed by atoms with E-state index in [1.54, 1.807) is 66.7 Å². The minimum Gasteiger partial charge on any atom is -0.350 e. The van der Waals surface area contributed by atoms with Gasteiger partial charge in [-0.2, -0.15) is 0 Å². The number of hydrogen-bond acceptors (Lipinski definition) is 4. The van der Waals surface area contributed by atoms with Crippen LogP contribution in [0.3, 0.4) is 0 Å². The highest BCUT2D eigenvalue weighted by Crippen LogP contribution is 2.25. The molecule has 9 heteroatoms. The third kappa shape index (κ3) is 8.71. The maximum Gasteiger partial charge on any atom is 0.264 e. The molecule has 0 aliphatic heterocycles. The molecule has 0 saturated heterocycles. The van der Waals surface area contributed by atoms with Crippen molar-refractivity contribution in [3.63, 3.8) is 0 Å². The average molecular weight is 632 g/mol. The van der Waals surface area contributed by atoms with Crippen molar-refractivity contribution in [2.75, 3.05) is 10.8 Å². The number of amides is 2. The average Bonchev–Trinajstić information content (AvgIpc) is 2.98. The number of halogens is 1. The highest BCUT2D eigenvalue weighted by Gasteiger charge is 2.35. The molecule has 1 atom stereocenters. The van der Waals surface area contributed by atoms with Gasteiger partial charge in [0.1, 0.15) is 12.6 Å². The summed E-state index contributed by atoms with van der Waals surface area (Å²) in [4.78, 5) is 29.9. The van der Waals surface area contributed by atoms with Crippen molar-refractivity contribution in [3.8, 4) is 0 Å². The van der Waals surface area contributed by atoms with Crippen LogP contribution in [0.25, 0.3) is 0 Å². The van der Waals surface area contributed by atoms with Gasteiger partial charge in [0.05, 0.1) is 10.6 Å². The maximum atomic E-state index is 14.4. The molecule has 44 heavy (non-hydrogen) atoms. The fourth-order valence-corrected chi connectivity index (χ4v) is 6.29. The quantitative estimate of drug-likeness (QED) is 0.208. The van der Waals surface area contributed by atoms with Crippen LogP contribution in [0.1, 0.15) is 37.5 Å². The van der Waals surface area contributed by atoms with Gasteiger partial charge >= 0.3 is 0 Å². The summed E-state index contributed by atoms with van der Waals surface area (Å²) in [7, 11) is -4.14. The van der Waals surface area contributed by atoms with Crippen LogP contribution < -0.4 is 9.62 Å². The summed E-state index contributed by atoms with van der Waals surface area (Å²) in [5.74, 6) is -0.860. The number of hydrogen-bond donors (Lipinski definition) is 1. The van der Waals surface area contributed by atoms with Crippen molar-refractivity contribution in [2.24, 2.45) is 0 Å². The molecular formula is C35H38ClN3O4S. The van der Waals surface area contributed by atoms with E-state index >= 15 is 0 Å². The van der Waals surface area contributed by atoms with Crippen LogP contribution in [0.2, 0.25) is 5.02 Å². The van der Waals surface area contributed by atoms with E-state index in [0.717, 1.165) is 21.0 Å². The number of anilines is 1. The summed E-state index contributed by atoms with van der Waals surface area (Å²) in [6.45, 7) is 7.06. The molecule has 230 valence electrons. The molecule has 0 spiro atoms. The molecule has 0 aliphatic rings. The molecule has 7 nitrogen and oxygen atoms in total. The van der Waals surface area contributed by atoms with E-state index in [4.69, 9.17) is 11.6 Å². The molecule has 0 fully saturated rings. The zero-order chi connectivity index (χ0) is 31.9. The van der Waals surface area contributed by atoms with Gasteiger partial charge in [-0.1, -0.05) is 90.0 Å². The molecule has 4 rings (SSSR count). The first kappa shape index (κ1) is 32.8. The van der Waals surface area contributed by atoms with Crippen LogP contribution in [0.15, 0.2) is 114 Å². The van der Waals surface area contributed by atoms with Gasteiger partial charge in [-0.3, -0.25) is 13.9 Å². The van der Waals surface area contributed by atoms with Crippen molar-refractivity contribution in [1.29, 1.82) is 0 Å². The Morgan fingerprint density at radius 1 is 0.795 bits per heavy atom. The predicted molar refractivity (Wildman–Crippen MR) is 176 cm³/mol. The lowest BCUT2D eigenvalue weighted by Crippen LogP contribution is -2.56. The van der Waals surface area contributed by atoms with Crippen molar-refractivity contribution < 1.29 is 18.0 Å². The molecule has 0 aromatic heterocycles. The van der Waals surface area contributed by atoms with Gasteiger partial charge < -0.3 is 10.2 Å². The fourth-order valence-electron chi connectivity index (χ4n) is 4.75. The number of aryl methyl sites for hydroxylation is 1. The Morgan fingerprint density at radius 2 is 1.36 bits per heavy atom. The Labute approximate surface area is 265 Å². The van der Waals surface area contributed by atoms with Gasteiger partial charge in [0, 0.05) is 23.5 Å². The number of nitrogens with zero attached hydrogens (tertiary/aromatic N) is 2. The number of rotatable bonds is 11. The minimum atomic E-state index is -4.14. The van der Waals surface area contributed by atoms with E-state index in [-0.39, 0.29) is 23.8 Å². The number of benzene rings is 4. The smallest absolute Gasteiger partial charge is 0.264 e. The number of para-hydroxylation sites is 1. The van der Waals surface area contributed by atoms with Crippen molar-refractivity contribution in [3.05, 3.63) is 131 Å². The molecule has 0 aliphatic carbocycles. The topological polar surface area (TPSA) is 86.8 Å². The zero-order valence-electron chi connectivity index (χ0n) is 25.4. The molecular weight excluding hydrogens is 594 g/mol. The van der Waals surface area contributed by atoms with E-state index in [9.17, 15) is 18.0 Å². The predicted octanol–water partition coefficient (Wildman–Crippen LogP) is 6.40. The van der Waals surface area contributed by atoms with Gasteiger partial charge in [0.25, 0.3) is 10.0 Å². The molecule has 2 amide bonds. The third-order valence-electron chi connectivity index (χ3n) is 6.97. The maximum absolute atomic E-state index is 14.4. The van der Waals surface area contributed by atoms with Gasteiger partial charge in [0.2, 0.25) is 11.8 Å². The first-order valence-electron chi connectivity index (χ1n) is 14.4. The molecule has 0 radical (unpaired) electrons. The Morgan fingerprint density at radius 3 is 1.93 bits per heavy atom. The minimum absolute atomic E-state index is 0.0651. The van der Waals surface area contributed by atoms with Crippen molar-refractivity contribution >= 4 is 39.1 Å². The van der Waals surface area contributed by atoms with Crippen LogP contribution in [0.4, 0.5) is 5.69 Å². The van der Waals surface area contributed by atoms with Gasteiger partial charge in [-0.05, 0) is 75.2 Å². The molecule has 1 N–H and O–H groups in total. The monoisotopic (exact) mass is 631 g/mol. The van der Waals surface area contributed by atoms with E-state index in [0.29, 0.717) is 10.7 Å². The summed E-state index contributed by atoms with van der Waals surface area (Å²) < 4.78 is 29.2. The molecule has 0 heterocycles. The van der Waals surface area contributed by atoms with Crippen molar-refractivity contribution in [2.45, 2.75) is 57.1 Å². The Hall–Kier alpha value is -4.14. The largest absolute Gasteiger partial charge is 0.350 e. The third-order valence-corrected chi connectivity index (χ3v) is 9.01. The van der Waals surface area contributed by atoms with Crippen LogP contribution in [0.5, 0.6) is 0 Å².